The van der Waals surface area contributed by atoms with Crippen LogP contribution in [0.5, 0.6) is 0 Å². The maximum absolute atomic E-state index is 11.8. The van der Waals surface area contributed by atoms with Gasteiger partial charge in [0.15, 0.2) is 5.13 Å². The van der Waals surface area contributed by atoms with Crippen molar-refractivity contribution >= 4 is 49.9 Å². The molecule has 0 radical (unpaired) electrons. The Balaban J connectivity index is 2.02. The van der Waals surface area contributed by atoms with Crippen molar-refractivity contribution in [1.82, 2.24) is 4.98 Å². The number of aromatic nitrogens is 1. The van der Waals surface area contributed by atoms with Crippen molar-refractivity contribution in [2.45, 2.75) is 20.8 Å². The largest absolute Gasteiger partial charge is 0.318 e. The molecule has 110 valence electrons. The SMILES string of the molecule is Cc1cc(NC(=O)C(=O)Nc2nc(C)c(C)s2)ccc1Br. The first-order valence-corrected chi connectivity index (χ1v) is 7.80. The second kappa shape index (κ2) is 6.36. The van der Waals surface area contributed by atoms with Crippen molar-refractivity contribution < 1.29 is 9.59 Å². The normalized spacial score (nSPS) is 10.3. The number of aryl methyl sites for hydroxylation is 3. The molecule has 1 aromatic heterocycles. The van der Waals surface area contributed by atoms with E-state index in [0.29, 0.717) is 10.8 Å². The monoisotopic (exact) mass is 367 g/mol. The lowest BCUT2D eigenvalue weighted by atomic mass is 10.2. The van der Waals surface area contributed by atoms with Gasteiger partial charge in [0.2, 0.25) is 0 Å². The van der Waals surface area contributed by atoms with E-state index in [9.17, 15) is 9.59 Å². The second-order valence-corrected chi connectivity index (χ2v) is 6.59. The summed E-state index contributed by atoms with van der Waals surface area (Å²) in [5, 5.41) is 5.48. The van der Waals surface area contributed by atoms with Gasteiger partial charge in [-0.1, -0.05) is 15.9 Å². The molecule has 0 aliphatic rings. The van der Waals surface area contributed by atoms with Crippen LogP contribution in [0.3, 0.4) is 0 Å². The highest BCUT2D eigenvalue weighted by Crippen LogP contribution is 2.22. The number of halogens is 1. The maximum atomic E-state index is 11.8. The lowest BCUT2D eigenvalue weighted by Gasteiger charge is -2.06. The van der Waals surface area contributed by atoms with Crippen LogP contribution in [0.2, 0.25) is 0 Å². The molecule has 0 unspecified atom stereocenters. The number of hydrogen-bond acceptors (Lipinski definition) is 4. The van der Waals surface area contributed by atoms with Gasteiger partial charge >= 0.3 is 11.8 Å². The maximum Gasteiger partial charge on any atom is 0.315 e. The van der Waals surface area contributed by atoms with E-state index in [1.54, 1.807) is 12.1 Å². The third-order valence-corrected chi connectivity index (χ3v) is 4.75. The Hall–Kier alpha value is -1.73. The van der Waals surface area contributed by atoms with E-state index in [1.807, 2.05) is 26.8 Å². The molecule has 21 heavy (non-hydrogen) atoms. The molecule has 0 spiro atoms. The number of carbonyl (C=O) groups excluding carboxylic acids is 2. The minimum absolute atomic E-state index is 0.428. The highest BCUT2D eigenvalue weighted by atomic mass is 79.9. The number of hydrogen-bond donors (Lipinski definition) is 2. The van der Waals surface area contributed by atoms with Gasteiger partial charge in [-0.05, 0) is 44.5 Å². The lowest BCUT2D eigenvalue weighted by molar-refractivity contribution is -0.132. The fraction of sp³-hybridized carbons (Fsp3) is 0.214. The first kappa shape index (κ1) is 15.7. The Kier molecular flexibility index (Phi) is 4.74. The molecule has 0 saturated carbocycles. The minimum atomic E-state index is -0.732. The summed E-state index contributed by atoms with van der Waals surface area (Å²) in [6, 6.07) is 5.32. The van der Waals surface area contributed by atoms with E-state index in [0.717, 1.165) is 20.6 Å². The summed E-state index contributed by atoms with van der Waals surface area (Å²) >= 11 is 4.72. The smallest absolute Gasteiger partial charge is 0.315 e. The van der Waals surface area contributed by atoms with Crippen LogP contribution in [-0.4, -0.2) is 16.8 Å². The number of nitrogens with one attached hydrogen (secondary N) is 2. The Morgan fingerprint density at radius 1 is 1.14 bits per heavy atom. The van der Waals surface area contributed by atoms with Gasteiger partial charge < -0.3 is 5.32 Å². The van der Waals surface area contributed by atoms with Gasteiger partial charge in [-0.25, -0.2) is 4.98 Å². The molecule has 0 aliphatic heterocycles. The predicted octanol–water partition coefficient (Wildman–Crippen LogP) is 3.41. The topological polar surface area (TPSA) is 71.1 Å². The molecule has 2 aromatic rings. The molecule has 7 heteroatoms. The summed E-state index contributed by atoms with van der Waals surface area (Å²) in [5.41, 5.74) is 2.39. The number of nitrogens with zero attached hydrogens (tertiary/aromatic N) is 1. The van der Waals surface area contributed by atoms with Crippen LogP contribution in [0.4, 0.5) is 10.8 Å². The Bertz CT molecular complexity index is 693. The van der Waals surface area contributed by atoms with Crippen molar-refractivity contribution in [1.29, 1.82) is 0 Å². The zero-order valence-corrected chi connectivity index (χ0v) is 14.2. The van der Waals surface area contributed by atoms with Crippen LogP contribution in [-0.2, 0) is 9.59 Å². The van der Waals surface area contributed by atoms with Gasteiger partial charge in [0.05, 0.1) is 5.69 Å². The van der Waals surface area contributed by atoms with E-state index < -0.39 is 11.8 Å². The second-order valence-electron chi connectivity index (χ2n) is 4.53. The van der Waals surface area contributed by atoms with Crippen LogP contribution in [0.25, 0.3) is 0 Å². The van der Waals surface area contributed by atoms with Crippen molar-refractivity contribution in [2.24, 2.45) is 0 Å². The quantitative estimate of drug-likeness (QED) is 0.798. The molecule has 5 nitrogen and oxygen atoms in total. The summed E-state index contributed by atoms with van der Waals surface area (Å²) in [6.07, 6.45) is 0. The van der Waals surface area contributed by atoms with Gasteiger partial charge in [0, 0.05) is 15.0 Å². The first-order chi connectivity index (χ1) is 9.86. The van der Waals surface area contributed by atoms with Crippen LogP contribution in [0, 0.1) is 20.8 Å². The minimum Gasteiger partial charge on any atom is -0.318 e. The van der Waals surface area contributed by atoms with E-state index >= 15 is 0 Å². The van der Waals surface area contributed by atoms with Crippen molar-refractivity contribution in [3.63, 3.8) is 0 Å². The molecule has 2 rings (SSSR count). The predicted molar refractivity (Wildman–Crippen MR) is 87.7 cm³/mol. The van der Waals surface area contributed by atoms with Crippen LogP contribution in [0.15, 0.2) is 22.7 Å². The molecule has 1 heterocycles. The van der Waals surface area contributed by atoms with E-state index in [-0.39, 0.29) is 0 Å². The zero-order chi connectivity index (χ0) is 15.6. The molecule has 0 bridgehead atoms. The number of amides is 2. The highest BCUT2D eigenvalue weighted by molar-refractivity contribution is 9.10. The summed E-state index contributed by atoms with van der Waals surface area (Å²) < 4.78 is 0.943. The molecule has 0 saturated heterocycles. The number of benzene rings is 1. The van der Waals surface area contributed by atoms with Crippen LogP contribution < -0.4 is 10.6 Å². The molecule has 0 atom stereocenters. The standard InChI is InChI=1S/C14H14BrN3O2S/c1-7-6-10(4-5-11(7)15)17-12(19)13(20)18-14-16-8(2)9(3)21-14/h4-6H,1-3H3,(H,17,19)(H,16,18,20). The fourth-order valence-electron chi connectivity index (χ4n) is 1.59. The summed E-state index contributed by atoms with van der Waals surface area (Å²) in [5.74, 6) is -1.45. The van der Waals surface area contributed by atoms with Gasteiger partial charge in [-0.15, -0.1) is 11.3 Å². The molecule has 2 amide bonds. The Morgan fingerprint density at radius 3 is 2.38 bits per heavy atom. The number of carbonyl (C=O) groups is 2. The van der Waals surface area contributed by atoms with E-state index in [4.69, 9.17) is 0 Å². The number of anilines is 2. The molecule has 0 aliphatic carbocycles. The summed E-state index contributed by atoms with van der Waals surface area (Å²) in [4.78, 5) is 28.8. The van der Waals surface area contributed by atoms with Gasteiger partial charge in [-0.2, -0.15) is 0 Å². The zero-order valence-electron chi connectivity index (χ0n) is 11.8. The molecule has 2 N–H and O–H groups in total. The average molecular weight is 368 g/mol. The third kappa shape index (κ3) is 3.89. The van der Waals surface area contributed by atoms with Crippen molar-refractivity contribution in [2.75, 3.05) is 10.6 Å². The highest BCUT2D eigenvalue weighted by Gasteiger charge is 2.16. The lowest BCUT2D eigenvalue weighted by Crippen LogP contribution is -2.29. The average Bonchev–Trinajstić information content (AvgIpc) is 2.72. The molecular formula is C14H14BrN3O2S. The van der Waals surface area contributed by atoms with Crippen LogP contribution >= 0.6 is 27.3 Å². The van der Waals surface area contributed by atoms with E-state index in [2.05, 4.69) is 31.5 Å². The summed E-state index contributed by atoms with van der Waals surface area (Å²) in [6.45, 7) is 5.67. The van der Waals surface area contributed by atoms with Gasteiger partial charge in [0.25, 0.3) is 0 Å². The third-order valence-electron chi connectivity index (χ3n) is 2.87. The van der Waals surface area contributed by atoms with E-state index in [1.165, 1.54) is 11.3 Å². The molecular weight excluding hydrogens is 354 g/mol. The molecule has 0 fully saturated rings. The summed E-state index contributed by atoms with van der Waals surface area (Å²) in [7, 11) is 0. The van der Waals surface area contributed by atoms with Gasteiger partial charge in [0.1, 0.15) is 0 Å². The Morgan fingerprint density at radius 2 is 1.81 bits per heavy atom. The first-order valence-electron chi connectivity index (χ1n) is 6.19. The Labute approximate surface area is 134 Å². The van der Waals surface area contributed by atoms with Crippen LogP contribution in [0.1, 0.15) is 16.1 Å². The van der Waals surface area contributed by atoms with Crippen molar-refractivity contribution in [3.05, 3.63) is 38.8 Å². The van der Waals surface area contributed by atoms with Crippen molar-refractivity contribution in [3.8, 4) is 0 Å². The molecule has 1 aromatic carbocycles. The van der Waals surface area contributed by atoms with Gasteiger partial charge in [-0.3, -0.25) is 14.9 Å². The number of rotatable bonds is 2. The fourth-order valence-corrected chi connectivity index (χ4v) is 2.65. The number of thiazole rings is 1.